The Bertz CT molecular complexity index is 744. The third-order valence-corrected chi connectivity index (χ3v) is 3.42. The molecule has 0 spiro atoms. The van der Waals surface area contributed by atoms with Gasteiger partial charge in [-0.25, -0.2) is 0 Å². The summed E-state index contributed by atoms with van der Waals surface area (Å²) in [5.41, 5.74) is 6.43. The lowest BCUT2D eigenvalue weighted by molar-refractivity contribution is -0.123. The van der Waals surface area contributed by atoms with Crippen molar-refractivity contribution in [3.63, 3.8) is 0 Å². The number of aryl methyl sites for hydroxylation is 2. The molecule has 0 fully saturated rings. The summed E-state index contributed by atoms with van der Waals surface area (Å²) in [6, 6.07) is 12.1. The normalized spacial score (nSPS) is 10.1. The highest BCUT2D eigenvalue weighted by Crippen LogP contribution is 2.18. The number of amides is 2. The fourth-order valence-electron chi connectivity index (χ4n) is 2.14. The highest BCUT2D eigenvalue weighted by molar-refractivity contribution is 5.98. The van der Waals surface area contributed by atoms with Crippen LogP contribution in [0.1, 0.15) is 28.4 Å². The van der Waals surface area contributed by atoms with Crippen LogP contribution in [0.3, 0.4) is 0 Å². The Labute approximate surface area is 140 Å². The predicted octanol–water partition coefficient (Wildman–Crippen LogP) is 2.10. The molecule has 2 rings (SSSR count). The minimum absolute atomic E-state index is 0.0903. The Hall–Kier alpha value is -3.02. The number of phenols is 1. The molecule has 126 valence electrons. The zero-order valence-electron chi connectivity index (χ0n) is 13.6. The van der Waals surface area contributed by atoms with Crippen molar-refractivity contribution in [1.29, 1.82) is 0 Å². The summed E-state index contributed by atoms with van der Waals surface area (Å²) >= 11 is 0. The molecular weight excluding hydrogens is 308 g/mol. The molecule has 0 aromatic heterocycles. The molecular formula is C18H20N2O4. The molecule has 6 heteroatoms. The molecule has 0 aliphatic carbocycles. The third kappa shape index (κ3) is 4.49. The first-order chi connectivity index (χ1) is 11.5. The lowest BCUT2D eigenvalue weighted by atomic mass is 10.1. The number of hydrogen-bond acceptors (Lipinski definition) is 4. The SMILES string of the molecule is CCc1ccccc1OCC(=O)NNC(=O)c1cc(C)ccc1O. The van der Waals surface area contributed by atoms with Crippen molar-refractivity contribution in [2.75, 3.05) is 6.61 Å². The molecule has 2 aromatic carbocycles. The van der Waals surface area contributed by atoms with Crippen molar-refractivity contribution in [1.82, 2.24) is 10.9 Å². The number of para-hydroxylation sites is 1. The van der Waals surface area contributed by atoms with Gasteiger partial charge in [0.05, 0.1) is 5.56 Å². The van der Waals surface area contributed by atoms with Crippen LogP contribution in [0.5, 0.6) is 11.5 Å². The van der Waals surface area contributed by atoms with Gasteiger partial charge in [0.2, 0.25) is 0 Å². The maximum Gasteiger partial charge on any atom is 0.276 e. The van der Waals surface area contributed by atoms with Gasteiger partial charge in [0.15, 0.2) is 6.61 Å². The van der Waals surface area contributed by atoms with E-state index in [0.29, 0.717) is 5.75 Å². The largest absolute Gasteiger partial charge is 0.507 e. The molecule has 0 aliphatic heterocycles. The Morgan fingerprint density at radius 2 is 1.88 bits per heavy atom. The minimum Gasteiger partial charge on any atom is -0.507 e. The number of hydrogen-bond donors (Lipinski definition) is 3. The quantitative estimate of drug-likeness (QED) is 0.734. The van der Waals surface area contributed by atoms with E-state index in [1.54, 1.807) is 19.1 Å². The lowest BCUT2D eigenvalue weighted by Crippen LogP contribution is -2.43. The van der Waals surface area contributed by atoms with Crippen LogP contribution < -0.4 is 15.6 Å². The smallest absolute Gasteiger partial charge is 0.276 e. The molecule has 3 N–H and O–H groups in total. The van der Waals surface area contributed by atoms with Gasteiger partial charge in [0.1, 0.15) is 11.5 Å². The highest BCUT2D eigenvalue weighted by atomic mass is 16.5. The Kier molecular flexibility index (Phi) is 5.78. The fraction of sp³-hybridized carbons (Fsp3) is 0.222. The third-order valence-electron chi connectivity index (χ3n) is 3.42. The molecule has 0 bridgehead atoms. The van der Waals surface area contributed by atoms with Crippen LogP contribution in [0.4, 0.5) is 0 Å². The predicted molar refractivity (Wildman–Crippen MR) is 89.8 cm³/mol. The van der Waals surface area contributed by atoms with E-state index in [-0.39, 0.29) is 17.9 Å². The Balaban J connectivity index is 1.87. The molecule has 2 amide bonds. The van der Waals surface area contributed by atoms with Crippen molar-refractivity contribution in [3.8, 4) is 11.5 Å². The molecule has 0 aliphatic rings. The molecule has 0 saturated heterocycles. The average molecular weight is 328 g/mol. The van der Waals surface area contributed by atoms with E-state index < -0.39 is 11.8 Å². The van der Waals surface area contributed by atoms with Gasteiger partial charge < -0.3 is 9.84 Å². The molecule has 24 heavy (non-hydrogen) atoms. The van der Waals surface area contributed by atoms with Crippen LogP contribution in [0.15, 0.2) is 42.5 Å². The van der Waals surface area contributed by atoms with Crippen LogP contribution in [-0.4, -0.2) is 23.5 Å². The number of rotatable bonds is 5. The number of benzene rings is 2. The maximum absolute atomic E-state index is 12.0. The van der Waals surface area contributed by atoms with Gasteiger partial charge in [-0.15, -0.1) is 0 Å². The summed E-state index contributed by atoms with van der Waals surface area (Å²) in [4.78, 5) is 23.8. The number of carbonyl (C=O) groups is 2. The standard InChI is InChI=1S/C18H20N2O4/c1-3-13-6-4-5-7-16(13)24-11-17(22)19-20-18(23)14-10-12(2)8-9-15(14)21/h4-10,21H,3,11H2,1-2H3,(H,19,22)(H,20,23). The summed E-state index contributed by atoms with van der Waals surface area (Å²) in [7, 11) is 0. The molecule has 0 saturated carbocycles. The van der Waals surface area contributed by atoms with Crippen molar-refractivity contribution in [2.45, 2.75) is 20.3 Å². The van der Waals surface area contributed by atoms with Crippen molar-refractivity contribution < 1.29 is 19.4 Å². The van der Waals surface area contributed by atoms with E-state index in [0.717, 1.165) is 17.5 Å². The first-order valence-electron chi connectivity index (χ1n) is 7.60. The summed E-state index contributed by atoms with van der Waals surface area (Å²) in [6.07, 6.45) is 0.793. The first kappa shape index (κ1) is 17.3. The second-order valence-electron chi connectivity index (χ2n) is 5.27. The van der Waals surface area contributed by atoms with Crippen LogP contribution >= 0.6 is 0 Å². The Morgan fingerprint density at radius 1 is 1.12 bits per heavy atom. The second kappa shape index (κ2) is 8.01. The number of carbonyl (C=O) groups excluding carboxylic acids is 2. The van der Waals surface area contributed by atoms with Gasteiger partial charge in [0, 0.05) is 0 Å². The van der Waals surface area contributed by atoms with E-state index in [2.05, 4.69) is 10.9 Å². The fourth-order valence-corrected chi connectivity index (χ4v) is 2.14. The summed E-state index contributed by atoms with van der Waals surface area (Å²) in [5.74, 6) is -0.613. The molecule has 2 aromatic rings. The summed E-state index contributed by atoms with van der Waals surface area (Å²) < 4.78 is 5.46. The van der Waals surface area contributed by atoms with E-state index in [4.69, 9.17) is 4.74 Å². The van der Waals surface area contributed by atoms with Gasteiger partial charge in [-0.2, -0.15) is 0 Å². The maximum atomic E-state index is 12.0. The van der Waals surface area contributed by atoms with E-state index in [1.807, 2.05) is 25.1 Å². The minimum atomic E-state index is -0.599. The Morgan fingerprint density at radius 3 is 2.62 bits per heavy atom. The van der Waals surface area contributed by atoms with Gasteiger partial charge in [-0.3, -0.25) is 20.4 Å². The molecule has 0 unspecified atom stereocenters. The second-order valence-corrected chi connectivity index (χ2v) is 5.27. The van der Waals surface area contributed by atoms with E-state index in [9.17, 15) is 14.7 Å². The average Bonchev–Trinajstić information content (AvgIpc) is 2.60. The number of nitrogens with one attached hydrogen (secondary N) is 2. The van der Waals surface area contributed by atoms with Gasteiger partial charge in [0.25, 0.3) is 11.8 Å². The number of phenolic OH excluding ortho intramolecular Hbond substituents is 1. The highest BCUT2D eigenvalue weighted by Gasteiger charge is 2.12. The topological polar surface area (TPSA) is 87.7 Å². The van der Waals surface area contributed by atoms with Gasteiger partial charge in [-0.05, 0) is 37.1 Å². The van der Waals surface area contributed by atoms with Gasteiger partial charge in [-0.1, -0.05) is 36.8 Å². The zero-order chi connectivity index (χ0) is 17.5. The first-order valence-corrected chi connectivity index (χ1v) is 7.60. The molecule has 6 nitrogen and oxygen atoms in total. The monoisotopic (exact) mass is 328 g/mol. The summed E-state index contributed by atoms with van der Waals surface area (Å²) in [5, 5.41) is 9.68. The van der Waals surface area contributed by atoms with Crippen molar-refractivity contribution >= 4 is 11.8 Å². The number of aromatic hydroxyl groups is 1. The molecule has 0 radical (unpaired) electrons. The summed E-state index contributed by atoms with van der Waals surface area (Å²) in [6.45, 7) is 3.57. The van der Waals surface area contributed by atoms with Crippen LogP contribution in [0, 0.1) is 6.92 Å². The van der Waals surface area contributed by atoms with Crippen molar-refractivity contribution in [3.05, 3.63) is 59.2 Å². The lowest BCUT2D eigenvalue weighted by Gasteiger charge is -2.11. The number of ether oxygens (including phenoxy) is 1. The van der Waals surface area contributed by atoms with E-state index >= 15 is 0 Å². The number of hydrazine groups is 1. The van der Waals surface area contributed by atoms with Crippen LogP contribution in [-0.2, 0) is 11.2 Å². The van der Waals surface area contributed by atoms with Crippen LogP contribution in [0.2, 0.25) is 0 Å². The molecule has 0 heterocycles. The van der Waals surface area contributed by atoms with Crippen molar-refractivity contribution in [2.24, 2.45) is 0 Å². The van der Waals surface area contributed by atoms with E-state index in [1.165, 1.54) is 12.1 Å². The van der Waals surface area contributed by atoms with Gasteiger partial charge >= 0.3 is 0 Å². The van der Waals surface area contributed by atoms with Crippen LogP contribution in [0.25, 0.3) is 0 Å². The molecule has 0 atom stereocenters. The zero-order valence-corrected chi connectivity index (χ0v) is 13.6.